The van der Waals surface area contributed by atoms with Crippen molar-refractivity contribution in [3.63, 3.8) is 0 Å². The van der Waals surface area contributed by atoms with E-state index in [1.54, 1.807) is 12.0 Å². The molecule has 3 N–H and O–H groups in total. The molecule has 0 bridgehead atoms. The summed E-state index contributed by atoms with van der Waals surface area (Å²) in [4.78, 5) is 32.3. The van der Waals surface area contributed by atoms with Crippen LogP contribution in [0.15, 0.2) is 47.5 Å². The summed E-state index contributed by atoms with van der Waals surface area (Å²) in [5.74, 6) is 0.799. The van der Waals surface area contributed by atoms with E-state index in [0.29, 0.717) is 35.4 Å². The molecule has 1 saturated heterocycles. The van der Waals surface area contributed by atoms with Gasteiger partial charge in [0.25, 0.3) is 0 Å². The molecule has 0 aliphatic carbocycles. The molecule has 2 amide bonds. The Morgan fingerprint density at radius 2 is 2.06 bits per heavy atom. The van der Waals surface area contributed by atoms with E-state index in [4.69, 9.17) is 14.5 Å². The van der Waals surface area contributed by atoms with E-state index < -0.39 is 0 Å². The number of amidine groups is 1. The molecule has 10 heteroatoms. The number of carbonyl (C=O) groups excluding carboxylic acids is 2. The Bertz CT molecular complexity index is 1060. The van der Waals surface area contributed by atoms with Crippen LogP contribution in [0.1, 0.15) is 12.5 Å². The Labute approximate surface area is 196 Å². The van der Waals surface area contributed by atoms with Crippen LogP contribution in [0.3, 0.4) is 0 Å². The number of hydrazine groups is 1. The van der Waals surface area contributed by atoms with Gasteiger partial charge in [-0.25, -0.2) is 10.4 Å². The number of hydrogen-bond acceptors (Lipinski definition) is 8. The van der Waals surface area contributed by atoms with Crippen molar-refractivity contribution in [3.8, 4) is 11.5 Å². The Morgan fingerprint density at radius 1 is 1.27 bits per heavy atom. The van der Waals surface area contributed by atoms with Gasteiger partial charge < -0.3 is 14.8 Å². The zero-order chi connectivity index (χ0) is 23.4. The summed E-state index contributed by atoms with van der Waals surface area (Å²) in [7, 11) is 1.56. The minimum absolute atomic E-state index is 0.0695. The molecule has 0 radical (unpaired) electrons. The quantitative estimate of drug-likeness (QED) is 0.572. The molecule has 33 heavy (non-hydrogen) atoms. The van der Waals surface area contributed by atoms with Gasteiger partial charge in [-0.3, -0.25) is 19.9 Å². The molecule has 2 atom stereocenters. The molecule has 2 aliphatic heterocycles. The van der Waals surface area contributed by atoms with Crippen LogP contribution in [-0.4, -0.2) is 49.2 Å². The first-order valence-electron chi connectivity index (χ1n) is 10.7. The number of rotatable bonds is 7. The number of aryl methyl sites for hydroxylation is 1. The second-order valence-corrected chi connectivity index (χ2v) is 8.57. The number of anilines is 2. The van der Waals surface area contributed by atoms with Crippen molar-refractivity contribution in [2.75, 3.05) is 36.2 Å². The van der Waals surface area contributed by atoms with E-state index in [1.165, 1.54) is 11.8 Å². The van der Waals surface area contributed by atoms with Crippen LogP contribution < -0.4 is 30.5 Å². The van der Waals surface area contributed by atoms with E-state index in [9.17, 15) is 9.59 Å². The monoisotopic (exact) mass is 469 g/mol. The fourth-order valence-electron chi connectivity index (χ4n) is 3.70. The number of nitrogens with zero attached hydrogens (tertiary/aromatic N) is 2. The van der Waals surface area contributed by atoms with Gasteiger partial charge in [-0.1, -0.05) is 17.8 Å². The molecule has 0 saturated carbocycles. The molecule has 4 rings (SSSR count). The molecule has 2 aromatic rings. The summed E-state index contributed by atoms with van der Waals surface area (Å²) < 4.78 is 10.8. The van der Waals surface area contributed by atoms with Gasteiger partial charge in [-0.05, 0) is 55.8 Å². The number of fused-ring (bicyclic) bond motifs is 1. The van der Waals surface area contributed by atoms with Crippen molar-refractivity contribution in [2.45, 2.75) is 20.0 Å². The van der Waals surface area contributed by atoms with Gasteiger partial charge in [0.05, 0.1) is 36.8 Å². The molecule has 174 valence electrons. The van der Waals surface area contributed by atoms with Crippen molar-refractivity contribution >= 4 is 40.1 Å². The van der Waals surface area contributed by atoms with Crippen molar-refractivity contribution in [1.29, 1.82) is 0 Å². The zero-order valence-corrected chi connectivity index (χ0v) is 19.6. The summed E-state index contributed by atoms with van der Waals surface area (Å²) in [5.41, 5.74) is 8.33. The van der Waals surface area contributed by atoms with E-state index in [0.717, 1.165) is 11.3 Å². The molecule has 2 aromatic carbocycles. The van der Waals surface area contributed by atoms with Crippen molar-refractivity contribution in [1.82, 2.24) is 10.9 Å². The van der Waals surface area contributed by atoms with Crippen LogP contribution in [0.2, 0.25) is 0 Å². The number of benzene rings is 2. The van der Waals surface area contributed by atoms with E-state index in [-0.39, 0.29) is 29.7 Å². The number of aliphatic imine (C=N–C) groups is 1. The predicted molar refractivity (Wildman–Crippen MR) is 130 cm³/mol. The first kappa shape index (κ1) is 23.1. The summed E-state index contributed by atoms with van der Waals surface area (Å²) in [5, 5.41) is 3.35. The van der Waals surface area contributed by atoms with Crippen LogP contribution in [0, 0.1) is 12.8 Å². The molecular weight excluding hydrogens is 442 g/mol. The Hall–Kier alpha value is -3.08. The SMILES string of the molecule is CCOc1ccc(N2C(=O)C3CNNC3N=C2SCC(=O)Nc2cc(C)ccc2OC)cc1. The molecular formula is C23H27N5O4S. The highest BCUT2D eigenvalue weighted by atomic mass is 32.2. The first-order valence-corrected chi connectivity index (χ1v) is 11.7. The predicted octanol–water partition coefficient (Wildman–Crippen LogP) is 2.53. The number of amides is 2. The standard InChI is InChI=1S/C23H27N5O4S/c1-4-32-16-8-6-15(7-9-16)28-22(30)17-12-24-27-21(17)26-23(28)33-13-20(29)25-18-11-14(2)5-10-19(18)31-3/h5-11,17,21,24,27H,4,12-13H2,1-3H3,(H,25,29). The molecule has 9 nitrogen and oxygen atoms in total. The second kappa shape index (κ2) is 10.2. The minimum Gasteiger partial charge on any atom is -0.495 e. The summed E-state index contributed by atoms with van der Waals surface area (Å²) in [6.45, 7) is 4.92. The lowest BCUT2D eigenvalue weighted by molar-refractivity contribution is -0.121. The minimum atomic E-state index is -0.362. The second-order valence-electron chi connectivity index (χ2n) is 7.63. The topological polar surface area (TPSA) is 104 Å². The maximum atomic E-state index is 13.3. The highest BCUT2D eigenvalue weighted by Gasteiger charge is 2.42. The Balaban J connectivity index is 1.52. The smallest absolute Gasteiger partial charge is 0.241 e. The third-order valence-corrected chi connectivity index (χ3v) is 6.25. The van der Waals surface area contributed by atoms with Gasteiger partial charge in [-0.15, -0.1) is 0 Å². The molecule has 0 spiro atoms. The molecule has 2 aliphatic rings. The van der Waals surface area contributed by atoms with Gasteiger partial charge in [0, 0.05) is 6.54 Å². The van der Waals surface area contributed by atoms with Crippen molar-refractivity contribution in [3.05, 3.63) is 48.0 Å². The van der Waals surface area contributed by atoms with Crippen LogP contribution in [0.5, 0.6) is 11.5 Å². The Morgan fingerprint density at radius 3 is 2.79 bits per heavy atom. The van der Waals surface area contributed by atoms with Gasteiger partial charge in [0.15, 0.2) is 5.17 Å². The lowest BCUT2D eigenvalue weighted by Gasteiger charge is -2.32. The lowest BCUT2D eigenvalue weighted by atomic mass is 10.0. The van der Waals surface area contributed by atoms with Gasteiger partial charge in [-0.2, -0.15) is 0 Å². The largest absolute Gasteiger partial charge is 0.495 e. The number of ether oxygens (including phenoxy) is 2. The number of methoxy groups -OCH3 is 1. The van der Waals surface area contributed by atoms with E-state index in [2.05, 4.69) is 16.2 Å². The van der Waals surface area contributed by atoms with Crippen molar-refractivity contribution < 1.29 is 19.1 Å². The molecule has 0 aromatic heterocycles. The first-order chi connectivity index (χ1) is 16.0. The lowest BCUT2D eigenvalue weighted by Crippen LogP contribution is -2.49. The maximum Gasteiger partial charge on any atom is 0.241 e. The summed E-state index contributed by atoms with van der Waals surface area (Å²) >= 11 is 1.22. The van der Waals surface area contributed by atoms with Gasteiger partial charge in [0.1, 0.15) is 17.7 Å². The fourth-order valence-corrected chi connectivity index (χ4v) is 4.55. The van der Waals surface area contributed by atoms with Gasteiger partial charge >= 0.3 is 0 Å². The van der Waals surface area contributed by atoms with Crippen LogP contribution >= 0.6 is 11.8 Å². The average molecular weight is 470 g/mol. The molecule has 2 unspecified atom stereocenters. The van der Waals surface area contributed by atoms with Crippen molar-refractivity contribution in [2.24, 2.45) is 10.9 Å². The third kappa shape index (κ3) is 5.13. The molecule has 1 fully saturated rings. The number of hydrogen-bond donors (Lipinski definition) is 3. The average Bonchev–Trinajstić information content (AvgIpc) is 3.28. The highest BCUT2D eigenvalue weighted by Crippen LogP contribution is 2.31. The molecule has 2 heterocycles. The van der Waals surface area contributed by atoms with E-state index in [1.807, 2.05) is 56.3 Å². The number of carbonyl (C=O) groups is 2. The summed E-state index contributed by atoms with van der Waals surface area (Å²) in [6, 6.07) is 12.9. The summed E-state index contributed by atoms with van der Waals surface area (Å²) in [6.07, 6.45) is -0.362. The number of thioether (sulfide) groups is 1. The fraction of sp³-hybridized carbons (Fsp3) is 0.348. The number of nitrogens with one attached hydrogen (secondary N) is 3. The third-order valence-electron chi connectivity index (χ3n) is 5.30. The Kier molecular flexibility index (Phi) is 7.17. The van der Waals surface area contributed by atoms with Crippen LogP contribution in [-0.2, 0) is 9.59 Å². The van der Waals surface area contributed by atoms with E-state index >= 15 is 0 Å². The van der Waals surface area contributed by atoms with Crippen LogP contribution in [0.25, 0.3) is 0 Å². The zero-order valence-electron chi connectivity index (χ0n) is 18.8. The maximum absolute atomic E-state index is 13.3. The van der Waals surface area contributed by atoms with Gasteiger partial charge in [0.2, 0.25) is 11.8 Å². The van der Waals surface area contributed by atoms with Crippen LogP contribution in [0.4, 0.5) is 11.4 Å². The highest BCUT2D eigenvalue weighted by molar-refractivity contribution is 8.14. The normalized spacial score (nSPS) is 19.7.